The molecule has 5 amide bonds. The molecular formula is C50H71F2N7O13S. The number of hydrogen-bond donors (Lipinski definition) is 7. The van der Waals surface area contributed by atoms with Gasteiger partial charge in [-0.2, -0.15) is 0 Å². The van der Waals surface area contributed by atoms with Crippen molar-refractivity contribution in [2.45, 2.75) is 71.5 Å². The van der Waals surface area contributed by atoms with E-state index >= 15 is 4.39 Å². The lowest BCUT2D eigenvalue weighted by Gasteiger charge is -2.41. The summed E-state index contributed by atoms with van der Waals surface area (Å²) in [5.74, 6) is -5.94. The lowest BCUT2D eigenvalue weighted by Crippen LogP contribution is -2.49. The number of thioether (sulfide) groups is 1. The van der Waals surface area contributed by atoms with E-state index in [2.05, 4.69) is 21.3 Å². The van der Waals surface area contributed by atoms with Crippen molar-refractivity contribution in [2.75, 3.05) is 97.1 Å². The zero-order chi connectivity index (χ0) is 53.6. The summed E-state index contributed by atoms with van der Waals surface area (Å²) < 4.78 is 53.5. The Bertz CT molecular complexity index is 2210. The summed E-state index contributed by atoms with van der Waals surface area (Å²) in [5, 5.41) is 27.8. The number of ether oxygens (including phenoxy) is 4. The van der Waals surface area contributed by atoms with Crippen LogP contribution in [0.4, 0.5) is 8.78 Å². The third-order valence-corrected chi connectivity index (χ3v) is 11.7. The van der Waals surface area contributed by atoms with Crippen molar-refractivity contribution in [1.82, 2.24) is 30.7 Å². The van der Waals surface area contributed by atoms with Gasteiger partial charge in [-0.3, -0.25) is 33.6 Å². The largest absolute Gasteiger partial charge is 0.481 e. The minimum atomic E-state index is -1.12. The van der Waals surface area contributed by atoms with Gasteiger partial charge in [0.1, 0.15) is 17.7 Å². The van der Waals surface area contributed by atoms with Gasteiger partial charge in [0.25, 0.3) is 0 Å². The maximum atomic E-state index is 15.2. The number of hydrogen-bond acceptors (Lipinski definition) is 13. The van der Waals surface area contributed by atoms with E-state index in [0.717, 1.165) is 35.5 Å². The normalized spacial score (nSPS) is 12.1. The Kier molecular flexibility index (Phi) is 28.3. The Morgan fingerprint density at radius 2 is 1.38 bits per heavy atom. The number of carboxylic acid groups (broad SMARTS) is 2. The zero-order valence-electron chi connectivity index (χ0n) is 41.8. The second-order valence-electron chi connectivity index (χ2n) is 17.7. The predicted octanol–water partition coefficient (Wildman–Crippen LogP) is 3.11. The van der Waals surface area contributed by atoms with Gasteiger partial charge in [0.05, 0.1) is 84.0 Å². The van der Waals surface area contributed by atoms with Crippen LogP contribution in [0.5, 0.6) is 0 Å². The lowest BCUT2D eigenvalue weighted by molar-refractivity contribution is -0.139. The number of carboxylic acids is 2. The maximum Gasteiger partial charge on any atom is 0.305 e. The number of halogens is 2. The van der Waals surface area contributed by atoms with E-state index in [1.807, 2.05) is 55.7 Å². The summed E-state index contributed by atoms with van der Waals surface area (Å²) in [6, 6.07) is 13.0. The number of benzene rings is 2. The number of rotatable bonds is 37. The van der Waals surface area contributed by atoms with Gasteiger partial charge in [0.2, 0.25) is 29.5 Å². The molecule has 2 aromatic carbocycles. The molecule has 20 nitrogen and oxygen atoms in total. The fourth-order valence-corrected chi connectivity index (χ4v) is 8.15. The molecule has 0 radical (unpaired) electrons. The Hall–Kier alpha value is -5.98. The quantitative estimate of drug-likeness (QED) is 0.0409. The average Bonchev–Trinajstić information content (AvgIpc) is 3.74. The predicted molar refractivity (Wildman–Crippen MR) is 268 cm³/mol. The van der Waals surface area contributed by atoms with Crippen LogP contribution in [-0.4, -0.2) is 164 Å². The van der Waals surface area contributed by atoms with Crippen LogP contribution >= 0.6 is 11.8 Å². The Morgan fingerprint density at radius 3 is 2.01 bits per heavy atom. The number of nitrogens with one attached hydrogen (secondary N) is 4. The highest BCUT2D eigenvalue weighted by Crippen LogP contribution is 2.41. The molecule has 0 spiro atoms. The highest BCUT2D eigenvalue weighted by atomic mass is 32.2. The first-order valence-corrected chi connectivity index (χ1v) is 25.2. The minimum Gasteiger partial charge on any atom is -0.481 e. The first-order chi connectivity index (χ1) is 34.9. The highest BCUT2D eigenvalue weighted by Gasteiger charge is 2.37. The second kappa shape index (κ2) is 33.7. The molecule has 0 saturated carbocycles. The molecule has 0 saturated heterocycles. The van der Waals surface area contributed by atoms with Crippen LogP contribution < -0.4 is 27.0 Å². The molecule has 0 fully saturated rings. The van der Waals surface area contributed by atoms with E-state index in [0.29, 0.717) is 24.2 Å². The fourth-order valence-electron chi connectivity index (χ4n) is 7.22. The standard InChI is InChI=1S/C50H71F2N7O13S/c1-50(2,3)48(41-28-36(38-29-37(51)10-11-39(38)52)32-58(41)31-35-8-5-4-6-9-35)59(19-7-16-53)45(63)34-73-33-40(49(68)55-17-14-47(66)67)57-43(61)15-20-69-22-24-71-26-27-72-25-23-70-21-18-54-44(62)30-56-42(60)12-13-46(64)65/h4-6,8-11,28-29,32,40,48H,7,12-27,30-31,33-34,53H2,1-3H3,(H,54,62)(H,55,68)(H,56,60)(H,57,61)(H,64,65)(H,66,67)/t40-,48-/m0/s1. The molecule has 0 unspecified atom stereocenters. The van der Waals surface area contributed by atoms with Gasteiger partial charge in [0, 0.05) is 67.8 Å². The minimum absolute atomic E-state index is 0.00770. The second-order valence-corrected chi connectivity index (χ2v) is 18.7. The Labute approximate surface area is 428 Å². The SMILES string of the molecule is CC(C)(C)[C@H](c1cc(-c2cc(F)ccc2F)cn1Cc1ccccc1)N(CCCN)C(=O)CSC[C@H](NC(=O)CCOCCOCCOCCOCCNC(=O)CNC(=O)CCC(=O)O)C(=O)NCCC(=O)O. The Morgan fingerprint density at radius 1 is 0.740 bits per heavy atom. The molecule has 2 atom stereocenters. The molecule has 8 N–H and O–H groups in total. The van der Waals surface area contributed by atoms with Crippen LogP contribution in [0.2, 0.25) is 0 Å². The molecule has 0 bridgehead atoms. The number of nitrogens with two attached hydrogens (primary N) is 1. The zero-order valence-corrected chi connectivity index (χ0v) is 42.6. The molecule has 73 heavy (non-hydrogen) atoms. The smallest absolute Gasteiger partial charge is 0.305 e. The topological polar surface area (TPSA) is 279 Å². The number of nitrogens with zero attached hydrogens (tertiary/aromatic N) is 2. The van der Waals surface area contributed by atoms with Crippen molar-refractivity contribution in [3.05, 3.63) is 83.7 Å². The van der Waals surface area contributed by atoms with Crippen LogP contribution in [0.15, 0.2) is 60.8 Å². The van der Waals surface area contributed by atoms with Crippen LogP contribution in [0.25, 0.3) is 11.1 Å². The number of carbonyl (C=O) groups is 7. The number of amides is 5. The first-order valence-electron chi connectivity index (χ1n) is 24.0. The summed E-state index contributed by atoms with van der Waals surface area (Å²) in [7, 11) is 0. The van der Waals surface area contributed by atoms with Gasteiger partial charge in [-0.15, -0.1) is 11.8 Å². The van der Waals surface area contributed by atoms with Crippen molar-refractivity contribution in [1.29, 1.82) is 0 Å². The van der Waals surface area contributed by atoms with Crippen LogP contribution in [0.1, 0.15) is 70.2 Å². The van der Waals surface area contributed by atoms with Crippen LogP contribution in [0, 0.1) is 17.0 Å². The number of aromatic nitrogens is 1. The van der Waals surface area contributed by atoms with E-state index in [4.69, 9.17) is 34.9 Å². The Balaban J connectivity index is 1.51. The lowest BCUT2D eigenvalue weighted by atomic mass is 9.83. The highest BCUT2D eigenvalue weighted by molar-refractivity contribution is 8.00. The van der Waals surface area contributed by atoms with Crippen LogP contribution in [-0.2, 0) is 59.1 Å². The molecule has 0 aliphatic carbocycles. The molecule has 0 aliphatic heterocycles. The average molecular weight is 1050 g/mol. The van der Waals surface area contributed by atoms with Gasteiger partial charge in [-0.1, -0.05) is 51.1 Å². The van der Waals surface area contributed by atoms with E-state index in [-0.39, 0.29) is 134 Å². The molecule has 1 aromatic heterocycles. The number of aliphatic carboxylic acids is 2. The van der Waals surface area contributed by atoms with Gasteiger partial charge in [0.15, 0.2) is 0 Å². The van der Waals surface area contributed by atoms with Crippen LogP contribution in [0.3, 0.4) is 0 Å². The molecular weight excluding hydrogens is 977 g/mol. The van der Waals surface area contributed by atoms with Crippen molar-refractivity contribution in [3.8, 4) is 11.1 Å². The van der Waals surface area contributed by atoms with Gasteiger partial charge < -0.3 is 65.6 Å². The van der Waals surface area contributed by atoms with Crippen molar-refractivity contribution in [2.24, 2.45) is 11.1 Å². The fraction of sp³-hybridized carbons (Fsp3) is 0.540. The molecule has 1 heterocycles. The summed E-state index contributed by atoms with van der Waals surface area (Å²) in [4.78, 5) is 87.4. The summed E-state index contributed by atoms with van der Waals surface area (Å²) >= 11 is 1.12. The van der Waals surface area contributed by atoms with E-state index < -0.39 is 64.7 Å². The molecule has 23 heteroatoms. The van der Waals surface area contributed by atoms with Crippen molar-refractivity contribution < 1.29 is 71.5 Å². The molecule has 0 aliphatic rings. The monoisotopic (exact) mass is 1050 g/mol. The van der Waals surface area contributed by atoms with Crippen molar-refractivity contribution in [3.63, 3.8) is 0 Å². The first kappa shape index (κ1) is 61.3. The third-order valence-electron chi connectivity index (χ3n) is 10.7. The van der Waals surface area contributed by atoms with E-state index in [1.165, 1.54) is 0 Å². The van der Waals surface area contributed by atoms with Crippen molar-refractivity contribution >= 4 is 53.2 Å². The third kappa shape index (κ3) is 24.5. The van der Waals surface area contributed by atoms with Gasteiger partial charge >= 0.3 is 11.9 Å². The summed E-state index contributed by atoms with van der Waals surface area (Å²) in [5.41, 5.74) is 7.54. The van der Waals surface area contributed by atoms with E-state index in [1.54, 1.807) is 17.2 Å². The summed E-state index contributed by atoms with van der Waals surface area (Å²) in [6.45, 7) is 8.32. The van der Waals surface area contributed by atoms with Gasteiger partial charge in [-0.25, -0.2) is 8.78 Å². The summed E-state index contributed by atoms with van der Waals surface area (Å²) in [6.07, 6.45) is 1.24. The van der Waals surface area contributed by atoms with E-state index in [9.17, 15) is 38.0 Å². The molecule has 3 rings (SSSR count). The molecule has 404 valence electrons. The van der Waals surface area contributed by atoms with Gasteiger partial charge in [-0.05, 0) is 48.2 Å². The molecule has 3 aromatic rings. The maximum absolute atomic E-state index is 15.2. The number of carbonyl (C=O) groups excluding carboxylic acids is 5.